The number of nitrogens with zero attached hydrogens (tertiary/aromatic N) is 1. The summed E-state index contributed by atoms with van der Waals surface area (Å²) in [7, 11) is 0. The number of benzene rings is 1. The summed E-state index contributed by atoms with van der Waals surface area (Å²) in [4.78, 5) is 5.44. The second-order valence-corrected chi connectivity index (χ2v) is 5.05. The lowest BCUT2D eigenvalue weighted by Gasteiger charge is -2.18. The van der Waals surface area contributed by atoms with Gasteiger partial charge in [-0.3, -0.25) is 0 Å². The monoisotopic (exact) mass is 248 g/mol. The number of nitrogen functional groups attached to an aromatic ring is 1. The maximum absolute atomic E-state index is 5.71. The third-order valence-corrected chi connectivity index (χ3v) is 3.43. The molecule has 0 spiro atoms. The molecular formula is C12H12N2O2S. The highest BCUT2D eigenvalue weighted by Gasteiger charge is 2.15. The van der Waals surface area contributed by atoms with Crippen LogP contribution >= 0.6 is 11.3 Å². The summed E-state index contributed by atoms with van der Waals surface area (Å²) in [5.41, 5.74) is 7.64. The lowest BCUT2D eigenvalue weighted by atomic mass is 10.1. The zero-order valence-corrected chi connectivity index (χ0v) is 10.2. The van der Waals surface area contributed by atoms with Gasteiger partial charge >= 0.3 is 0 Å². The summed E-state index contributed by atoms with van der Waals surface area (Å²) in [6.07, 6.45) is 0. The molecule has 0 fully saturated rings. The molecule has 3 rings (SSSR count). The first-order valence-electron chi connectivity index (χ1n) is 5.37. The van der Waals surface area contributed by atoms with Crippen molar-refractivity contribution < 1.29 is 9.47 Å². The smallest absolute Gasteiger partial charge is 0.180 e. The van der Waals surface area contributed by atoms with Crippen molar-refractivity contribution in [3.8, 4) is 22.8 Å². The summed E-state index contributed by atoms with van der Waals surface area (Å²) in [5.74, 6) is 1.57. The van der Waals surface area contributed by atoms with E-state index in [1.807, 2.05) is 25.1 Å². The number of fused-ring (bicyclic) bond motifs is 1. The van der Waals surface area contributed by atoms with Gasteiger partial charge in [0.1, 0.15) is 13.2 Å². The predicted octanol–water partition coefficient (Wildman–Crippen LogP) is 2.47. The van der Waals surface area contributed by atoms with Crippen molar-refractivity contribution in [3.63, 3.8) is 0 Å². The van der Waals surface area contributed by atoms with E-state index in [9.17, 15) is 0 Å². The minimum Gasteiger partial charge on any atom is -0.486 e. The molecule has 0 saturated carbocycles. The van der Waals surface area contributed by atoms with Crippen LogP contribution in [0.25, 0.3) is 11.3 Å². The van der Waals surface area contributed by atoms with E-state index in [4.69, 9.17) is 15.2 Å². The Labute approximate surface area is 103 Å². The molecule has 88 valence electrons. The molecule has 2 N–H and O–H groups in total. The van der Waals surface area contributed by atoms with Crippen LogP contribution in [0.3, 0.4) is 0 Å². The topological polar surface area (TPSA) is 57.4 Å². The molecule has 0 atom stereocenters. The Bertz CT molecular complexity index is 566. The lowest BCUT2D eigenvalue weighted by Crippen LogP contribution is -2.15. The molecule has 1 aliphatic rings. The number of ether oxygens (including phenoxy) is 2. The highest BCUT2D eigenvalue weighted by molar-refractivity contribution is 7.15. The van der Waals surface area contributed by atoms with Crippen LogP contribution in [0.15, 0.2) is 18.2 Å². The summed E-state index contributed by atoms with van der Waals surface area (Å²) in [6, 6.07) is 5.85. The molecule has 5 heteroatoms. The van der Waals surface area contributed by atoms with Crippen molar-refractivity contribution in [3.05, 3.63) is 23.1 Å². The fourth-order valence-corrected chi connectivity index (χ4v) is 2.59. The predicted molar refractivity (Wildman–Crippen MR) is 67.7 cm³/mol. The molecular weight excluding hydrogens is 236 g/mol. The first-order chi connectivity index (χ1) is 8.24. The SMILES string of the molecule is Cc1sc(N)nc1-c1ccc2c(c1)OCCO2. The van der Waals surface area contributed by atoms with Crippen molar-refractivity contribution in [2.75, 3.05) is 18.9 Å². The average Bonchev–Trinajstić information content (AvgIpc) is 2.68. The molecule has 2 heterocycles. The van der Waals surface area contributed by atoms with Gasteiger partial charge in [0.2, 0.25) is 0 Å². The summed E-state index contributed by atoms with van der Waals surface area (Å²) in [6.45, 7) is 3.21. The van der Waals surface area contributed by atoms with E-state index < -0.39 is 0 Å². The zero-order chi connectivity index (χ0) is 11.8. The second kappa shape index (κ2) is 3.92. The van der Waals surface area contributed by atoms with Gasteiger partial charge in [0.25, 0.3) is 0 Å². The second-order valence-electron chi connectivity index (χ2n) is 3.82. The zero-order valence-electron chi connectivity index (χ0n) is 9.40. The van der Waals surface area contributed by atoms with Crippen molar-refractivity contribution in [1.82, 2.24) is 4.98 Å². The van der Waals surface area contributed by atoms with Gasteiger partial charge in [-0.1, -0.05) is 0 Å². The highest BCUT2D eigenvalue weighted by atomic mass is 32.1. The van der Waals surface area contributed by atoms with Crippen molar-refractivity contribution >= 4 is 16.5 Å². The van der Waals surface area contributed by atoms with Crippen LogP contribution in [0.1, 0.15) is 4.88 Å². The van der Waals surface area contributed by atoms with Gasteiger partial charge in [-0.2, -0.15) is 0 Å². The van der Waals surface area contributed by atoms with E-state index >= 15 is 0 Å². The molecule has 1 aromatic carbocycles. The molecule has 0 amide bonds. The van der Waals surface area contributed by atoms with Gasteiger partial charge in [0, 0.05) is 10.4 Å². The molecule has 0 radical (unpaired) electrons. The van der Waals surface area contributed by atoms with Crippen LogP contribution in [0.5, 0.6) is 11.5 Å². The minimum atomic E-state index is 0.590. The number of thiazole rings is 1. The van der Waals surface area contributed by atoms with Crippen LogP contribution in [-0.2, 0) is 0 Å². The molecule has 17 heavy (non-hydrogen) atoms. The van der Waals surface area contributed by atoms with Gasteiger partial charge in [-0.25, -0.2) is 4.98 Å². The van der Waals surface area contributed by atoms with Crippen LogP contribution < -0.4 is 15.2 Å². The third kappa shape index (κ3) is 1.82. The van der Waals surface area contributed by atoms with Crippen molar-refractivity contribution in [1.29, 1.82) is 0 Å². The van der Waals surface area contributed by atoms with Crippen molar-refractivity contribution in [2.24, 2.45) is 0 Å². The Morgan fingerprint density at radius 2 is 2.00 bits per heavy atom. The van der Waals surface area contributed by atoms with Gasteiger partial charge in [-0.15, -0.1) is 11.3 Å². The van der Waals surface area contributed by atoms with E-state index in [0.717, 1.165) is 27.6 Å². The normalized spacial score (nSPS) is 13.7. The summed E-state index contributed by atoms with van der Waals surface area (Å²) >= 11 is 1.50. The molecule has 0 aliphatic carbocycles. The van der Waals surface area contributed by atoms with E-state index in [1.165, 1.54) is 11.3 Å². The van der Waals surface area contributed by atoms with Crippen LogP contribution in [0.4, 0.5) is 5.13 Å². The van der Waals surface area contributed by atoms with Crippen LogP contribution in [0, 0.1) is 6.92 Å². The standard InChI is InChI=1S/C12H12N2O2S/c1-7-11(14-12(13)17-7)8-2-3-9-10(6-8)16-5-4-15-9/h2-3,6H,4-5H2,1H3,(H2,13,14). The van der Waals surface area contributed by atoms with Gasteiger partial charge in [-0.05, 0) is 25.1 Å². The number of anilines is 1. The van der Waals surface area contributed by atoms with E-state index in [1.54, 1.807) is 0 Å². The number of hydrogen-bond donors (Lipinski definition) is 1. The maximum atomic E-state index is 5.71. The molecule has 4 nitrogen and oxygen atoms in total. The molecule has 1 aromatic heterocycles. The number of hydrogen-bond acceptors (Lipinski definition) is 5. The minimum absolute atomic E-state index is 0.590. The van der Waals surface area contributed by atoms with Gasteiger partial charge in [0.05, 0.1) is 5.69 Å². The largest absolute Gasteiger partial charge is 0.486 e. The quantitative estimate of drug-likeness (QED) is 0.842. The molecule has 1 aliphatic heterocycles. The van der Waals surface area contributed by atoms with Gasteiger partial charge < -0.3 is 15.2 Å². The number of aryl methyl sites for hydroxylation is 1. The Morgan fingerprint density at radius 3 is 2.71 bits per heavy atom. The number of nitrogens with two attached hydrogens (primary N) is 1. The molecule has 0 saturated heterocycles. The number of aromatic nitrogens is 1. The fourth-order valence-electron chi connectivity index (χ4n) is 1.88. The fraction of sp³-hybridized carbons (Fsp3) is 0.250. The first-order valence-corrected chi connectivity index (χ1v) is 6.18. The van der Waals surface area contributed by atoms with Crippen LogP contribution in [-0.4, -0.2) is 18.2 Å². The molecule has 0 bridgehead atoms. The Hall–Kier alpha value is -1.75. The number of rotatable bonds is 1. The van der Waals surface area contributed by atoms with E-state index in [2.05, 4.69) is 4.98 Å². The molecule has 0 unspecified atom stereocenters. The van der Waals surface area contributed by atoms with Crippen LogP contribution in [0.2, 0.25) is 0 Å². The van der Waals surface area contributed by atoms with Crippen molar-refractivity contribution in [2.45, 2.75) is 6.92 Å². The lowest BCUT2D eigenvalue weighted by molar-refractivity contribution is 0.171. The Morgan fingerprint density at radius 1 is 1.24 bits per heavy atom. The Balaban J connectivity index is 2.06. The van der Waals surface area contributed by atoms with E-state index in [-0.39, 0.29) is 0 Å². The highest BCUT2D eigenvalue weighted by Crippen LogP contribution is 2.36. The Kier molecular flexibility index (Phi) is 2.40. The third-order valence-electron chi connectivity index (χ3n) is 2.63. The molecule has 2 aromatic rings. The summed E-state index contributed by atoms with van der Waals surface area (Å²) < 4.78 is 11.0. The van der Waals surface area contributed by atoms with E-state index in [0.29, 0.717) is 18.3 Å². The average molecular weight is 248 g/mol. The van der Waals surface area contributed by atoms with Gasteiger partial charge in [0.15, 0.2) is 16.6 Å². The maximum Gasteiger partial charge on any atom is 0.180 e. The first kappa shape index (κ1) is 10.4. The summed E-state index contributed by atoms with van der Waals surface area (Å²) in [5, 5.41) is 0.590.